The van der Waals surface area contributed by atoms with Crippen LogP contribution >= 0.6 is 11.6 Å². The van der Waals surface area contributed by atoms with Crippen LogP contribution in [0.2, 0.25) is 5.15 Å². The minimum Gasteiger partial charge on any atom is -0.454 e. The van der Waals surface area contributed by atoms with Gasteiger partial charge in [-0.3, -0.25) is 4.79 Å². The largest absolute Gasteiger partial charge is 0.454 e. The van der Waals surface area contributed by atoms with Crippen LogP contribution in [0.3, 0.4) is 0 Å². The van der Waals surface area contributed by atoms with E-state index >= 15 is 0 Å². The molecule has 0 unspecified atom stereocenters. The van der Waals surface area contributed by atoms with Crippen LogP contribution in [0, 0.1) is 5.92 Å². The predicted molar refractivity (Wildman–Crippen MR) is 152 cm³/mol. The van der Waals surface area contributed by atoms with Gasteiger partial charge in [0.25, 0.3) is 0 Å². The van der Waals surface area contributed by atoms with Gasteiger partial charge in [0.15, 0.2) is 5.15 Å². The Labute approximate surface area is 234 Å². The second-order valence-electron chi connectivity index (χ2n) is 9.75. The lowest BCUT2D eigenvalue weighted by Crippen LogP contribution is -2.41. The van der Waals surface area contributed by atoms with E-state index in [9.17, 15) is 4.79 Å². The Morgan fingerprint density at radius 2 is 1.92 bits per heavy atom. The molecule has 4 rings (SSSR count). The lowest BCUT2D eigenvalue weighted by molar-refractivity contribution is -0.153. The number of nitrogens with one attached hydrogen (secondary N) is 3. The molecule has 2 aromatic carbocycles. The van der Waals surface area contributed by atoms with Gasteiger partial charge in [0.1, 0.15) is 18.0 Å². The zero-order chi connectivity index (χ0) is 27.8. The van der Waals surface area contributed by atoms with E-state index in [4.69, 9.17) is 16.3 Å². The molecule has 0 spiro atoms. The van der Waals surface area contributed by atoms with Gasteiger partial charge in [-0.05, 0) is 47.4 Å². The molecule has 0 bridgehead atoms. The smallest absolute Gasteiger partial charge is 0.324 e. The monoisotopic (exact) mass is 549 g/mol. The Hall–Kier alpha value is -3.56. The number of benzene rings is 2. The normalized spacial score (nSPS) is 13.7. The highest BCUT2D eigenvalue weighted by atomic mass is 35.5. The molecule has 39 heavy (non-hydrogen) atoms. The van der Waals surface area contributed by atoms with Gasteiger partial charge in [-0.25, -0.2) is 4.98 Å². The summed E-state index contributed by atoms with van der Waals surface area (Å²) >= 11 is 6.61. The van der Waals surface area contributed by atoms with Crippen molar-refractivity contribution in [1.82, 2.24) is 35.9 Å². The maximum Gasteiger partial charge on any atom is 0.324 e. The van der Waals surface area contributed by atoms with Crippen LogP contribution in [0.4, 0.5) is 0 Å². The van der Waals surface area contributed by atoms with Gasteiger partial charge in [-0.2, -0.15) is 5.21 Å². The van der Waals surface area contributed by atoms with E-state index in [0.717, 1.165) is 53.8 Å². The van der Waals surface area contributed by atoms with Gasteiger partial charge >= 0.3 is 5.97 Å². The van der Waals surface area contributed by atoms with Crippen molar-refractivity contribution in [2.45, 2.75) is 65.0 Å². The molecule has 4 aromatic rings. The maximum absolute atomic E-state index is 13.3. The van der Waals surface area contributed by atoms with E-state index in [-0.39, 0.29) is 11.9 Å². The molecule has 3 atom stereocenters. The molecular formula is C29H36ClN7O2. The number of aromatic nitrogens is 6. The number of carbonyl (C=O) groups excluding carboxylic acids is 1. The second kappa shape index (κ2) is 13.5. The average molecular weight is 550 g/mol. The number of halogens is 1. The highest BCUT2D eigenvalue weighted by Gasteiger charge is 2.30. The molecule has 0 fully saturated rings. The summed E-state index contributed by atoms with van der Waals surface area (Å²) < 4.78 is 6.15. The predicted octanol–water partition coefficient (Wildman–Crippen LogP) is 5.71. The van der Waals surface area contributed by atoms with Gasteiger partial charge < -0.3 is 15.0 Å². The summed E-state index contributed by atoms with van der Waals surface area (Å²) in [5, 5.41) is 18.2. The van der Waals surface area contributed by atoms with Gasteiger partial charge in [0, 0.05) is 18.4 Å². The van der Waals surface area contributed by atoms with Crippen LogP contribution in [-0.2, 0) is 22.4 Å². The summed E-state index contributed by atoms with van der Waals surface area (Å²) in [6.07, 6.45) is 3.37. The van der Waals surface area contributed by atoms with E-state index in [1.807, 2.05) is 55.5 Å². The number of imidazole rings is 1. The van der Waals surface area contributed by atoms with Crippen molar-refractivity contribution < 1.29 is 9.53 Å². The maximum atomic E-state index is 13.3. The van der Waals surface area contributed by atoms with Crippen LogP contribution in [-0.4, -0.2) is 49.7 Å². The molecule has 9 nitrogen and oxygen atoms in total. The van der Waals surface area contributed by atoms with Crippen molar-refractivity contribution in [1.29, 1.82) is 0 Å². The lowest BCUT2D eigenvalue weighted by atomic mass is 9.94. The first kappa shape index (κ1) is 28.4. The van der Waals surface area contributed by atoms with Gasteiger partial charge in [-0.15, -0.1) is 10.2 Å². The Bertz CT molecular complexity index is 1340. The highest BCUT2D eigenvalue weighted by Crippen LogP contribution is 2.34. The average Bonchev–Trinajstić information content (AvgIpc) is 3.62. The number of ether oxygens (including phenoxy) is 1. The number of esters is 1. The fourth-order valence-corrected chi connectivity index (χ4v) is 4.91. The van der Waals surface area contributed by atoms with E-state index < -0.39 is 12.1 Å². The summed E-state index contributed by atoms with van der Waals surface area (Å²) in [4.78, 5) is 21.2. The molecule has 3 N–H and O–H groups in total. The molecule has 0 amide bonds. The Kier molecular flexibility index (Phi) is 9.84. The zero-order valence-electron chi connectivity index (χ0n) is 22.9. The number of H-pyrrole nitrogens is 2. The Morgan fingerprint density at radius 1 is 1.13 bits per heavy atom. The van der Waals surface area contributed by atoms with Crippen molar-refractivity contribution in [3.05, 3.63) is 70.8 Å². The third-order valence-corrected chi connectivity index (χ3v) is 7.32. The lowest BCUT2D eigenvalue weighted by Gasteiger charge is -2.25. The number of unbranched alkanes of at least 4 members (excludes halogenated alkanes) is 1. The van der Waals surface area contributed by atoms with Gasteiger partial charge in [0.2, 0.25) is 5.82 Å². The number of tetrazole rings is 1. The topological polar surface area (TPSA) is 121 Å². The van der Waals surface area contributed by atoms with Crippen LogP contribution in [0.15, 0.2) is 48.5 Å². The molecule has 10 heteroatoms. The van der Waals surface area contributed by atoms with Crippen LogP contribution in [0.5, 0.6) is 0 Å². The summed E-state index contributed by atoms with van der Waals surface area (Å²) in [5.74, 6) is 1.06. The zero-order valence-corrected chi connectivity index (χ0v) is 23.6. The van der Waals surface area contributed by atoms with Crippen molar-refractivity contribution in [2.75, 3.05) is 7.05 Å². The second-order valence-corrected chi connectivity index (χ2v) is 10.1. The highest BCUT2D eigenvalue weighted by molar-refractivity contribution is 6.30. The molecule has 0 saturated carbocycles. The molecule has 0 aliphatic carbocycles. The first-order valence-corrected chi connectivity index (χ1v) is 13.9. The summed E-state index contributed by atoms with van der Waals surface area (Å²) in [6.45, 7) is 6.21. The summed E-state index contributed by atoms with van der Waals surface area (Å²) in [7, 11) is 1.78. The molecule has 206 valence electrons. The molecule has 2 heterocycles. The third-order valence-electron chi connectivity index (χ3n) is 7.04. The Balaban J connectivity index is 1.71. The van der Waals surface area contributed by atoms with Crippen LogP contribution < -0.4 is 5.32 Å². The van der Waals surface area contributed by atoms with E-state index in [1.54, 1.807) is 7.05 Å². The number of aromatic amines is 2. The van der Waals surface area contributed by atoms with E-state index in [1.165, 1.54) is 0 Å². The minimum atomic E-state index is -0.659. The van der Waals surface area contributed by atoms with Crippen molar-refractivity contribution in [3.63, 3.8) is 0 Å². The molecule has 0 aliphatic heterocycles. The summed E-state index contributed by atoms with van der Waals surface area (Å²) in [5.41, 5.74) is 4.36. The van der Waals surface area contributed by atoms with Crippen molar-refractivity contribution >= 4 is 17.6 Å². The summed E-state index contributed by atoms with van der Waals surface area (Å²) in [6, 6.07) is 15.7. The quantitative estimate of drug-likeness (QED) is 0.182. The number of hydrogen-bond acceptors (Lipinski definition) is 7. The standard InChI is InChI=1S/C29H36ClN7O2/c1-5-7-13-24-32-26(27(30)33-24)23(39-29(38)25(31-4)18(3)6-2)17-19-14-15-21(20-11-9-8-10-12-20)22(16-19)28-34-36-37-35-28/h8-12,14-16,18,23,25,31H,5-7,13,17H2,1-4H3,(H,32,33)(H,34,35,36,37)/t18-,23-,25-/m0/s1. The SMILES string of the molecule is CCCCc1nc(Cl)c([C@H](Cc2ccc(-c3ccccc3)c(-c3nn[nH]n3)c2)OC(=O)[C@@H](NC)[C@@H](C)CC)[nH]1. The van der Waals surface area contributed by atoms with E-state index in [0.29, 0.717) is 23.1 Å². The number of nitrogens with zero attached hydrogens (tertiary/aromatic N) is 4. The van der Waals surface area contributed by atoms with Gasteiger partial charge in [-0.1, -0.05) is 87.7 Å². The molecule has 0 aliphatic rings. The van der Waals surface area contributed by atoms with Crippen LogP contribution in [0.1, 0.15) is 63.2 Å². The molecule has 0 radical (unpaired) electrons. The van der Waals surface area contributed by atoms with Crippen molar-refractivity contribution in [3.8, 4) is 22.5 Å². The number of carbonyl (C=O) groups is 1. The first-order valence-electron chi connectivity index (χ1n) is 13.5. The number of hydrogen-bond donors (Lipinski definition) is 3. The first-order chi connectivity index (χ1) is 18.9. The Morgan fingerprint density at radius 3 is 2.59 bits per heavy atom. The van der Waals surface area contributed by atoms with Crippen molar-refractivity contribution in [2.24, 2.45) is 5.92 Å². The number of likely N-dealkylation sites (N-methyl/N-ethyl adjacent to an activating group) is 1. The number of aryl methyl sites for hydroxylation is 1. The third kappa shape index (κ3) is 6.91. The van der Waals surface area contributed by atoms with E-state index in [2.05, 4.69) is 49.8 Å². The molecular weight excluding hydrogens is 514 g/mol. The fourth-order valence-electron chi connectivity index (χ4n) is 4.64. The fraction of sp³-hybridized carbons (Fsp3) is 0.414. The van der Waals surface area contributed by atoms with Gasteiger partial charge in [0.05, 0.1) is 5.69 Å². The minimum absolute atomic E-state index is 0.107. The molecule has 2 aromatic heterocycles. The number of rotatable bonds is 13. The molecule has 0 saturated heterocycles. The van der Waals surface area contributed by atoms with Crippen LogP contribution in [0.25, 0.3) is 22.5 Å².